The van der Waals surface area contributed by atoms with Gasteiger partial charge in [0, 0.05) is 23.7 Å². The number of nitrogens with one attached hydrogen (secondary N) is 1. The van der Waals surface area contributed by atoms with Crippen LogP contribution in [-0.2, 0) is 6.42 Å². The smallest absolute Gasteiger partial charge is 0.123 e. The summed E-state index contributed by atoms with van der Waals surface area (Å²) in [4.78, 5) is 6.78. The second-order valence-corrected chi connectivity index (χ2v) is 4.11. The van der Waals surface area contributed by atoms with E-state index in [4.69, 9.17) is 5.73 Å². The molecule has 0 spiro atoms. The van der Waals surface area contributed by atoms with E-state index < -0.39 is 0 Å². The van der Waals surface area contributed by atoms with E-state index in [1.54, 1.807) is 18.6 Å². The van der Waals surface area contributed by atoms with Crippen molar-refractivity contribution in [1.82, 2.24) is 9.97 Å². The van der Waals surface area contributed by atoms with Gasteiger partial charge in [0.15, 0.2) is 0 Å². The molecule has 3 aromatic rings. The van der Waals surface area contributed by atoms with Crippen molar-refractivity contribution in [2.24, 2.45) is 5.73 Å². The molecule has 0 saturated carbocycles. The van der Waals surface area contributed by atoms with E-state index in [0.29, 0.717) is 12.3 Å². The van der Waals surface area contributed by atoms with Crippen LogP contribution >= 0.6 is 0 Å². The molecule has 1 aromatic heterocycles. The number of nitrogens with two attached hydrogens (primary N) is 1. The highest BCUT2D eigenvalue weighted by Crippen LogP contribution is 2.22. The van der Waals surface area contributed by atoms with E-state index in [-0.39, 0.29) is 0 Å². The van der Waals surface area contributed by atoms with Crippen LogP contribution in [0.25, 0.3) is 10.8 Å². The number of aromatic amines is 1. The molecule has 4 heteroatoms. The molecule has 98 valence electrons. The highest BCUT2D eigenvalue weighted by Gasteiger charge is 1.94. The van der Waals surface area contributed by atoms with E-state index >= 15 is 0 Å². The molecule has 0 aliphatic rings. The fraction of sp³-hybridized carbons (Fsp3) is 0.133. The lowest BCUT2D eigenvalue weighted by Crippen LogP contribution is -2.02. The van der Waals surface area contributed by atoms with Crippen LogP contribution in [-0.4, -0.2) is 21.6 Å². The predicted molar refractivity (Wildman–Crippen MR) is 77.0 cm³/mol. The lowest BCUT2D eigenvalue weighted by Gasteiger charge is -1.97. The number of aromatic hydroxyl groups is 1. The van der Waals surface area contributed by atoms with Gasteiger partial charge in [-0.2, -0.15) is 0 Å². The zero-order valence-corrected chi connectivity index (χ0v) is 10.6. The molecule has 19 heavy (non-hydrogen) atoms. The minimum Gasteiger partial charge on any atom is -0.507 e. The number of hydrogen-bond donors (Lipinski definition) is 3. The number of H-pyrrole nitrogens is 1. The molecule has 0 aliphatic heterocycles. The molecule has 0 atom stereocenters. The number of fused-ring (bicyclic) bond motifs is 1. The van der Waals surface area contributed by atoms with Gasteiger partial charge in [-0.15, -0.1) is 0 Å². The number of imidazole rings is 1. The van der Waals surface area contributed by atoms with Crippen LogP contribution in [0.2, 0.25) is 0 Å². The van der Waals surface area contributed by atoms with Crippen molar-refractivity contribution in [3.05, 3.63) is 60.7 Å². The summed E-state index contributed by atoms with van der Waals surface area (Å²) >= 11 is 0. The molecule has 0 bridgehead atoms. The van der Waals surface area contributed by atoms with Gasteiger partial charge in [0.25, 0.3) is 0 Å². The normalized spacial score (nSPS) is 9.95. The standard InChI is InChI=1S/C10H8O.C5H9N3/c11-10-7-3-5-8-4-1-2-6-9(8)10;6-2-1-5-3-7-4-8-5/h1-7,11H;3-4H,1-2,6H2,(H,7,8). The lowest BCUT2D eigenvalue weighted by molar-refractivity contribution is 0.481. The van der Waals surface area contributed by atoms with Crippen molar-refractivity contribution in [2.45, 2.75) is 6.42 Å². The first kappa shape index (κ1) is 13.1. The van der Waals surface area contributed by atoms with Gasteiger partial charge in [0.2, 0.25) is 0 Å². The Kier molecular flexibility index (Phi) is 4.53. The predicted octanol–water partition coefficient (Wildman–Crippen LogP) is 2.46. The molecule has 0 amide bonds. The van der Waals surface area contributed by atoms with E-state index in [1.165, 1.54) is 0 Å². The number of benzene rings is 2. The van der Waals surface area contributed by atoms with Gasteiger partial charge in [0.1, 0.15) is 5.75 Å². The van der Waals surface area contributed by atoms with Gasteiger partial charge < -0.3 is 15.8 Å². The van der Waals surface area contributed by atoms with Crippen LogP contribution in [0.5, 0.6) is 5.75 Å². The van der Waals surface area contributed by atoms with Crippen LogP contribution in [0.1, 0.15) is 5.69 Å². The van der Waals surface area contributed by atoms with Crippen LogP contribution in [0.4, 0.5) is 0 Å². The first-order valence-corrected chi connectivity index (χ1v) is 6.15. The Morgan fingerprint density at radius 2 is 1.89 bits per heavy atom. The Morgan fingerprint density at radius 3 is 2.58 bits per heavy atom. The zero-order chi connectivity index (χ0) is 13.5. The molecule has 4 nitrogen and oxygen atoms in total. The number of aromatic nitrogens is 2. The van der Waals surface area contributed by atoms with Crippen molar-refractivity contribution in [1.29, 1.82) is 0 Å². The number of hydrogen-bond acceptors (Lipinski definition) is 3. The van der Waals surface area contributed by atoms with E-state index in [1.807, 2.05) is 36.4 Å². The maximum atomic E-state index is 9.37. The Labute approximate surface area is 111 Å². The summed E-state index contributed by atoms with van der Waals surface area (Å²) in [5.41, 5.74) is 6.38. The fourth-order valence-electron chi connectivity index (χ4n) is 1.79. The maximum absolute atomic E-state index is 9.37. The van der Waals surface area contributed by atoms with Gasteiger partial charge in [-0.3, -0.25) is 0 Å². The molecule has 0 radical (unpaired) electrons. The summed E-state index contributed by atoms with van der Waals surface area (Å²) in [6.07, 6.45) is 4.33. The first-order chi connectivity index (χ1) is 9.31. The Balaban J connectivity index is 0.000000148. The molecule has 1 heterocycles. The molecular weight excluding hydrogens is 238 g/mol. The third kappa shape index (κ3) is 3.56. The monoisotopic (exact) mass is 255 g/mol. The molecule has 0 unspecified atom stereocenters. The number of rotatable bonds is 2. The van der Waals surface area contributed by atoms with Crippen molar-refractivity contribution >= 4 is 10.8 Å². The summed E-state index contributed by atoms with van der Waals surface area (Å²) in [7, 11) is 0. The van der Waals surface area contributed by atoms with Gasteiger partial charge in [-0.05, 0) is 18.0 Å². The van der Waals surface area contributed by atoms with Gasteiger partial charge in [-0.1, -0.05) is 36.4 Å². The Bertz CT molecular complexity index is 615. The third-order valence-corrected chi connectivity index (χ3v) is 2.74. The summed E-state index contributed by atoms with van der Waals surface area (Å²) in [6.45, 7) is 0.683. The summed E-state index contributed by atoms with van der Waals surface area (Å²) in [5, 5.41) is 11.4. The zero-order valence-electron chi connectivity index (χ0n) is 10.6. The largest absolute Gasteiger partial charge is 0.507 e. The van der Waals surface area contributed by atoms with E-state index in [0.717, 1.165) is 22.9 Å². The summed E-state index contributed by atoms with van der Waals surface area (Å²) < 4.78 is 0. The molecule has 0 saturated heterocycles. The highest BCUT2D eigenvalue weighted by molar-refractivity contribution is 5.87. The van der Waals surface area contributed by atoms with Crippen molar-refractivity contribution in [2.75, 3.05) is 6.54 Å². The third-order valence-electron chi connectivity index (χ3n) is 2.74. The molecule has 3 rings (SSSR count). The molecular formula is C15H17N3O. The van der Waals surface area contributed by atoms with Crippen molar-refractivity contribution in [3.8, 4) is 5.75 Å². The fourth-order valence-corrected chi connectivity index (χ4v) is 1.79. The number of phenols is 1. The van der Waals surface area contributed by atoms with Crippen LogP contribution < -0.4 is 5.73 Å². The Hall–Kier alpha value is -2.33. The van der Waals surface area contributed by atoms with Crippen molar-refractivity contribution in [3.63, 3.8) is 0 Å². The molecule has 0 aliphatic carbocycles. The van der Waals surface area contributed by atoms with Crippen LogP contribution in [0.3, 0.4) is 0 Å². The van der Waals surface area contributed by atoms with Crippen molar-refractivity contribution < 1.29 is 5.11 Å². The SMILES string of the molecule is NCCc1cnc[nH]1.Oc1cccc2ccccc12. The highest BCUT2D eigenvalue weighted by atomic mass is 16.3. The second kappa shape index (κ2) is 6.56. The summed E-state index contributed by atoms with van der Waals surface area (Å²) in [6, 6.07) is 13.3. The second-order valence-electron chi connectivity index (χ2n) is 4.11. The first-order valence-electron chi connectivity index (χ1n) is 6.15. The minimum absolute atomic E-state index is 0.350. The number of nitrogens with zero attached hydrogens (tertiary/aromatic N) is 1. The summed E-state index contributed by atoms with van der Waals surface area (Å²) in [5.74, 6) is 0.350. The van der Waals surface area contributed by atoms with Gasteiger partial charge in [0.05, 0.1) is 6.33 Å². The van der Waals surface area contributed by atoms with E-state index in [9.17, 15) is 5.11 Å². The maximum Gasteiger partial charge on any atom is 0.123 e. The molecule has 0 fully saturated rings. The average molecular weight is 255 g/mol. The average Bonchev–Trinajstić information content (AvgIpc) is 2.94. The van der Waals surface area contributed by atoms with E-state index in [2.05, 4.69) is 9.97 Å². The molecule has 2 aromatic carbocycles. The van der Waals surface area contributed by atoms with Gasteiger partial charge >= 0.3 is 0 Å². The van der Waals surface area contributed by atoms with Crippen LogP contribution in [0.15, 0.2) is 55.0 Å². The lowest BCUT2D eigenvalue weighted by atomic mass is 10.1. The van der Waals surface area contributed by atoms with Crippen LogP contribution in [0, 0.1) is 0 Å². The quantitative estimate of drug-likeness (QED) is 0.658. The molecule has 4 N–H and O–H groups in total. The minimum atomic E-state index is 0.350. The van der Waals surface area contributed by atoms with Gasteiger partial charge in [-0.25, -0.2) is 4.98 Å². The topological polar surface area (TPSA) is 74.9 Å². The Morgan fingerprint density at radius 1 is 1.11 bits per heavy atom. The number of phenolic OH excluding ortho intramolecular Hbond substituents is 1.